The number of rotatable bonds is 11. The van der Waals surface area contributed by atoms with Gasteiger partial charge in [0.1, 0.15) is 11.7 Å². The molecule has 0 saturated carbocycles. The Morgan fingerprint density at radius 3 is 2.25 bits per heavy atom. The number of hydrogen-bond donors (Lipinski definition) is 2. The Morgan fingerprint density at radius 1 is 0.909 bits per heavy atom. The molecule has 230 valence electrons. The largest absolute Gasteiger partial charge is 0.339 e. The number of aromatic nitrogens is 5. The zero-order chi connectivity index (χ0) is 31.2. The van der Waals surface area contributed by atoms with Crippen LogP contribution in [0, 0.1) is 0 Å². The van der Waals surface area contributed by atoms with Crippen LogP contribution in [0.1, 0.15) is 51.6 Å². The molecule has 2 aromatic carbocycles. The normalized spacial score (nSPS) is 11.8. The summed E-state index contributed by atoms with van der Waals surface area (Å²) in [6.07, 6.45) is 8.83. The summed E-state index contributed by atoms with van der Waals surface area (Å²) in [4.78, 5) is 42.7. The Balaban J connectivity index is 0.00000288. The van der Waals surface area contributed by atoms with E-state index in [0.29, 0.717) is 24.2 Å². The fourth-order valence-electron chi connectivity index (χ4n) is 5.14. The second-order valence-corrected chi connectivity index (χ2v) is 11.2. The number of benzene rings is 2. The number of nitrogens with zero attached hydrogens (tertiary/aromatic N) is 5. The van der Waals surface area contributed by atoms with Crippen molar-refractivity contribution in [3.8, 4) is 22.4 Å². The highest BCUT2D eigenvalue weighted by atomic mass is 16.2. The quantitative estimate of drug-likeness (QED) is 0.210. The van der Waals surface area contributed by atoms with Gasteiger partial charge in [-0.25, -0.2) is 4.98 Å². The lowest BCUT2D eigenvalue weighted by molar-refractivity contribution is -0.118. The van der Waals surface area contributed by atoms with Crippen LogP contribution in [0.25, 0.3) is 22.4 Å². The molecule has 5 rings (SSSR count). The van der Waals surface area contributed by atoms with Gasteiger partial charge in [-0.1, -0.05) is 36.4 Å². The molecule has 0 fully saturated rings. The number of amides is 2. The van der Waals surface area contributed by atoms with Crippen LogP contribution >= 0.6 is 0 Å². The maximum Gasteiger partial charge on any atom is 0.270 e. The summed E-state index contributed by atoms with van der Waals surface area (Å²) in [5, 5.41) is 9.94. The number of hydrogen-bond acceptors (Lipinski definition) is 5. The minimum atomic E-state index is -0.745. The number of anilines is 1. The molecule has 2 amide bonds. The summed E-state index contributed by atoms with van der Waals surface area (Å²) < 4.78 is 5.14. The maximum atomic E-state index is 13.4. The van der Waals surface area contributed by atoms with Gasteiger partial charge in [-0.2, -0.15) is 5.10 Å². The average Bonchev–Trinajstić information content (AvgIpc) is 3.65. The molecular formula is C34H41N7O3. The molecule has 10 nitrogen and oxygen atoms in total. The first-order chi connectivity index (χ1) is 21.2. The van der Waals surface area contributed by atoms with Gasteiger partial charge < -0.3 is 19.8 Å². The summed E-state index contributed by atoms with van der Waals surface area (Å²) in [6, 6.07) is 20.2. The van der Waals surface area contributed by atoms with Crippen LogP contribution in [0.3, 0.4) is 0 Å². The first-order valence-electron chi connectivity index (χ1n) is 14.7. The summed E-state index contributed by atoms with van der Waals surface area (Å²) in [5.74, 6) is -0.645. The molecule has 0 aliphatic rings. The van der Waals surface area contributed by atoms with Crippen LogP contribution in [0.15, 0.2) is 96.4 Å². The first kappa shape index (κ1) is 30.2. The fourth-order valence-corrected chi connectivity index (χ4v) is 5.14. The van der Waals surface area contributed by atoms with Gasteiger partial charge in [-0.05, 0) is 79.6 Å². The molecule has 44 heavy (non-hydrogen) atoms. The summed E-state index contributed by atoms with van der Waals surface area (Å²) in [6.45, 7) is 3.97. The molecule has 0 unspecified atom stereocenters. The monoisotopic (exact) mass is 595 g/mol. The van der Waals surface area contributed by atoms with E-state index in [1.54, 1.807) is 42.5 Å². The van der Waals surface area contributed by atoms with E-state index in [9.17, 15) is 14.4 Å². The molecule has 5 aromatic rings. The molecule has 0 saturated heterocycles. The van der Waals surface area contributed by atoms with E-state index in [0.717, 1.165) is 34.4 Å². The van der Waals surface area contributed by atoms with Crippen LogP contribution < -0.4 is 16.2 Å². The van der Waals surface area contributed by atoms with E-state index >= 15 is 0 Å². The molecule has 0 aliphatic carbocycles. The van der Waals surface area contributed by atoms with Crippen molar-refractivity contribution in [1.29, 1.82) is 0 Å². The van der Waals surface area contributed by atoms with Crippen LogP contribution in [0.2, 0.25) is 0 Å². The van der Waals surface area contributed by atoms with Gasteiger partial charge in [0.25, 0.3) is 11.5 Å². The van der Waals surface area contributed by atoms with E-state index < -0.39 is 6.04 Å². The highest BCUT2D eigenvalue weighted by molar-refractivity contribution is 6.00. The second-order valence-electron chi connectivity index (χ2n) is 11.2. The standard InChI is InChI=1S/C34H37N7O3.2H2/c1-23(2)41-21-27(14-17-32(41)42)25-10-8-24(9-11-25)6-5-7-29(38-34(44)30-18-19-36-40(30)4)33(43)37-28-15-12-26(13-16-28)31-20-35-22-39(31)3;;/h8-23,29H,5-7H2,1-4H3,(H,37,43)(H,38,44);2*1H/t29-;;/m0../s1. The van der Waals surface area contributed by atoms with Crippen molar-refractivity contribution in [2.45, 2.75) is 45.2 Å². The molecule has 3 aromatic heterocycles. The van der Waals surface area contributed by atoms with Crippen molar-refractivity contribution in [2.24, 2.45) is 14.1 Å². The van der Waals surface area contributed by atoms with Crippen molar-refractivity contribution in [1.82, 2.24) is 29.2 Å². The molecule has 0 aliphatic heterocycles. The predicted octanol–water partition coefficient (Wildman–Crippen LogP) is 5.48. The molecule has 1 atom stereocenters. The number of pyridine rings is 1. The van der Waals surface area contributed by atoms with E-state index in [-0.39, 0.29) is 26.3 Å². The van der Waals surface area contributed by atoms with Crippen molar-refractivity contribution in [2.75, 3.05) is 5.32 Å². The Kier molecular flexibility index (Phi) is 9.18. The third-order valence-corrected chi connectivity index (χ3v) is 7.68. The van der Waals surface area contributed by atoms with Crippen LogP contribution in [0.5, 0.6) is 0 Å². The van der Waals surface area contributed by atoms with Gasteiger partial charge in [-0.15, -0.1) is 0 Å². The Hall–Kier alpha value is -5.25. The number of nitrogens with one attached hydrogen (secondary N) is 2. The van der Waals surface area contributed by atoms with Crippen LogP contribution in [-0.4, -0.2) is 41.8 Å². The topological polar surface area (TPSA) is 116 Å². The third-order valence-electron chi connectivity index (χ3n) is 7.68. The number of carbonyl (C=O) groups excluding carboxylic acids is 2. The summed E-state index contributed by atoms with van der Waals surface area (Å²) >= 11 is 0. The zero-order valence-corrected chi connectivity index (χ0v) is 25.4. The van der Waals surface area contributed by atoms with Gasteiger partial charge >= 0.3 is 0 Å². The van der Waals surface area contributed by atoms with Crippen molar-refractivity contribution in [3.05, 3.63) is 113 Å². The molecule has 0 bridgehead atoms. The lowest BCUT2D eigenvalue weighted by Gasteiger charge is -2.19. The van der Waals surface area contributed by atoms with Crippen LogP contribution in [0.4, 0.5) is 5.69 Å². The highest BCUT2D eigenvalue weighted by Gasteiger charge is 2.23. The zero-order valence-electron chi connectivity index (χ0n) is 25.4. The van der Waals surface area contributed by atoms with E-state index in [1.165, 1.54) is 4.68 Å². The van der Waals surface area contributed by atoms with Gasteiger partial charge in [0.2, 0.25) is 5.91 Å². The summed E-state index contributed by atoms with van der Waals surface area (Å²) in [5.41, 5.74) is 6.08. The summed E-state index contributed by atoms with van der Waals surface area (Å²) in [7, 11) is 3.62. The van der Waals surface area contributed by atoms with Gasteiger partial charge in [0.05, 0.1) is 18.2 Å². The Bertz CT molecular complexity index is 1810. The highest BCUT2D eigenvalue weighted by Crippen LogP contribution is 2.22. The molecule has 0 radical (unpaired) electrons. The maximum absolute atomic E-state index is 13.4. The Labute approximate surface area is 259 Å². The van der Waals surface area contributed by atoms with E-state index in [4.69, 9.17) is 0 Å². The molecule has 2 N–H and O–H groups in total. The molecule has 10 heteroatoms. The fraction of sp³-hybridized carbons (Fsp3) is 0.265. The third kappa shape index (κ3) is 7.03. The lowest BCUT2D eigenvalue weighted by atomic mass is 10.0. The second kappa shape index (κ2) is 13.4. The van der Waals surface area contributed by atoms with E-state index in [2.05, 4.69) is 32.8 Å². The molecular weight excluding hydrogens is 554 g/mol. The van der Waals surface area contributed by atoms with Gasteiger partial charge in [0.15, 0.2) is 0 Å². The smallest absolute Gasteiger partial charge is 0.270 e. The Morgan fingerprint density at radius 2 is 1.61 bits per heavy atom. The SMILES string of the molecule is CC(C)n1cc(-c2ccc(CCC[C@H](NC(=O)c3ccnn3C)C(=O)Nc3ccc(-c4cncn4C)cc3)cc2)ccc1=O.[HH].[HH]. The molecule has 0 spiro atoms. The van der Waals surface area contributed by atoms with Crippen molar-refractivity contribution < 1.29 is 12.4 Å². The minimum absolute atomic E-state index is 0. The van der Waals surface area contributed by atoms with Crippen molar-refractivity contribution >= 4 is 17.5 Å². The van der Waals surface area contributed by atoms with E-state index in [1.807, 2.05) is 74.1 Å². The lowest BCUT2D eigenvalue weighted by Crippen LogP contribution is -2.44. The average molecular weight is 596 g/mol. The minimum Gasteiger partial charge on any atom is -0.339 e. The molecule has 3 heterocycles. The number of carbonyl (C=O) groups is 2. The number of imidazole rings is 1. The van der Waals surface area contributed by atoms with Gasteiger partial charge in [-0.3, -0.25) is 19.1 Å². The first-order valence-corrected chi connectivity index (χ1v) is 14.7. The van der Waals surface area contributed by atoms with Crippen LogP contribution in [-0.2, 0) is 25.3 Å². The van der Waals surface area contributed by atoms with Crippen molar-refractivity contribution in [3.63, 3.8) is 0 Å². The number of aryl methyl sites for hydroxylation is 3. The predicted molar refractivity (Wildman–Crippen MR) is 175 cm³/mol. The van der Waals surface area contributed by atoms with Gasteiger partial charge in [0, 0.05) is 47.1 Å².